The van der Waals surface area contributed by atoms with E-state index < -0.39 is 0 Å². The first-order chi connectivity index (χ1) is 12.2. The van der Waals surface area contributed by atoms with E-state index in [-0.39, 0.29) is 0 Å². The van der Waals surface area contributed by atoms with Crippen molar-refractivity contribution >= 4 is 5.57 Å². The van der Waals surface area contributed by atoms with E-state index in [4.69, 9.17) is 0 Å². The molecule has 0 unspecified atom stereocenters. The second kappa shape index (κ2) is 9.89. The van der Waals surface area contributed by atoms with E-state index in [1.165, 1.54) is 42.4 Å². The number of rotatable bonds is 10. The Kier molecular flexibility index (Phi) is 7.54. The van der Waals surface area contributed by atoms with Gasteiger partial charge in [-0.3, -0.25) is 0 Å². The van der Waals surface area contributed by atoms with Gasteiger partial charge in [0.2, 0.25) is 0 Å². The average molecular weight is 335 g/mol. The topological polar surface area (TPSA) is 28.7 Å². The van der Waals surface area contributed by atoms with Gasteiger partial charge in [0.15, 0.2) is 0 Å². The first-order valence-corrected chi connectivity index (χ1v) is 9.59. The van der Waals surface area contributed by atoms with E-state index in [1.807, 2.05) is 6.20 Å². The van der Waals surface area contributed by atoms with Crippen molar-refractivity contribution in [3.8, 4) is 11.8 Å². The van der Waals surface area contributed by atoms with Gasteiger partial charge in [-0.05, 0) is 48.1 Å². The monoisotopic (exact) mass is 334 g/mol. The highest BCUT2D eigenvalue weighted by Crippen LogP contribution is 2.22. The van der Waals surface area contributed by atoms with E-state index in [9.17, 15) is 5.26 Å². The smallest absolute Gasteiger partial charge is 0.101 e. The fourth-order valence-corrected chi connectivity index (χ4v) is 3.18. The third kappa shape index (κ3) is 5.36. The van der Waals surface area contributed by atoms with Crippen LogP contribution in [-0.2, 0) is 6.42 Å². The molecule has 0 aliphatic rings. The van der Waals surface area contributed by atoms with Crippen LogP contribution in [-0.4, -0.2) is 4.57 Å². The normalized spacial score (nSPS) is 10.6. The first-order valence-electron chi connectivity index (χ1n) is 9.59. The largest absolute Gasteiger partial charge is 0.322 e. The maximum Gasteiger partial charge on any atom is 0.101 e. The lowest BCUT2D eigenvalue weighted by atomic mass is 10.0. The predicted octanol–water partition coefficient (Wildman–Crippen LogP) is 6.68. The molecule has 0 aliphatic heterocycles. The fraction of sp³-hybridized carbons (Fsp3) is 0.435. The van der Waals surface area contributed by atoms with E-state index in [0.29, 0.717) is 0 Å². The number of allylic oxidation sites excluding steroid dienone is 1. The SMILES string of the molecule is C=C(CCC)c1ccc(-n2cc(C#N)c(CCCCCCC)c2)cc1. The fourth-order valence-electron chi connectivity index (χ4n) is 3.18. The summed E-state index contributed by atoms with van der Waals surface area (Å²) in [5.41, 5.74) is 5.46. The van der Waals surface area contributed by atoms with Gasteiger partial charge >= 0.3 is 0 Å². The standard InChI is InChI=1S/C23H30N2/c1-4-6-7-8-9-11-21-17-25(18-22(21)16-24)23-14-12-20(13-15-23)19(3)10-5-2/h12-15,17-18H,3-11H2,1-2H3. The molecule has 0 saturated carbocycles. The maximum atomic E-state index is 9.42. The zero-order valence-corrected chi connectivity index (χ0v) is 15.7. The Balaban J connectivity index is 2.07. The van der Waals surface area contributed by atoms with Crippen LogP contribution in [0, 0.1) is 11.3 Å². The molecule has 1 aromatic carbocycles. The van der Waals surface area contributed by atoms with Gasteiger partial charge in [-0.15, -0.1) is 0 Å². The Morgan fingerprint density at radius 1 is 1.00 bits per heavy atom. The van der Waals surface area contributed by atoms with Crippen molar-refractivity contribution in [2.75, 3.05) is 0 Å². The number of hydrogen-bond donors (Lipinski definition) is 0. The van der Waals surface area contributed by atoms with Crippen molar-refractivity contribution in [1.29, 1.82) is 5.26 Å². The first kappa shape index (κ1) is 19.1. The van der Waals surface area contributed by atoms with Crippen LogP contribution in [0.2, 0.25) is 0 Å². The van der Waals surface area contributed by atoms with Crippen molar-refractivity contribution in [3.05, 3.63) is 59.9 Å². The van der Waals surface area contributed by atoms with Crippen LogP contribution in [0.5, 0.6) is 0 Å². The second-order valence-electron chi connectivity index (χ2n) is 6.78. The van der Waals surface area contributed by atoms with Crippen LogP contribution < -0.4 is 0 Å². The van der Waals surface area contributed by atoms with E-state index >= 15 is 0 Å². The van der Waals surface area contributed by atoms with Crippen LogP contribution in [0.4, 0.5) is 0 Å². The van der Waals surface area contributed by atoms with Gasteiger partial charge in [0, 0.05) is 18.1 Å². The summed E-state index contributed by atoms with van der Waals surface area (Å²) in [5, 5.41) is 9.42. The third-order valence-corrected chi connectivity index (χ3v) is 4.70. The Morgan fingerprint density at radius 3 is 2.36 bits per heavy atom. The van der Waals surface area contributed by atoms with Crippen LogP contribution in [0.25, 0.3) is 11.3 Å². The Labute approximate surface area is 152 Å². The number of benzene rings is 1. The Bertz CT molecular complexity index is 714. The predicted molar refractivity (Wildman–Crippen MR) is 107 cm³/mol. The molecule has 2 rings (SSSR count). The summed E-state index contributed by atoms with van der Waals surface area (Å²) in [6.07, 6.45) is 13.5. The molecule has 0 spiro atoms. The van der Waals surface area contributed by atoms with E-state index in [0.717, 1.165) is 36.9 Å². The van der Waals surface area contributed by atoms with Crippen molar-refractivity contribution in [3.63, 3.8) is 0 Å². The molecule has 25 heavy (non-hydrogen) atoms. The lowest BCUT2D eigenvalue weighted by Gasteiger charge is -2.07. The van der Waals surface area contributed by atoms with Gasteiger partial charge in [0.25, 0.3) is 0 Å². The summed E-state index contributed by atoms with van der Waals surface area (Å²) in [4.78, 5) is 0. The van der Waals surface area contributed by atoms with Gasteiger partial charge < -0.3 is 4.57 Å². The zero-order chi connectivity index (χ0) is 18.1. The molecule has 2 heteroatoms. The molecular formula is C23H30N2. The van der Waals surface area contributed by atoms with E-state index in [1.54, 1.807) is 0 Å². The summed E-state index contributed by atoms with van der Waals surface area (Å²) in [6.45, 7) is 8.56. The molecule has 0 amide bonds. The van der Waals surface area contributed by atoms with Crippen LogP contribution in [0.3, 0.4) is 0 Å². The molecule has 0 aliphatic carbocycles. The number of nitrogens with zero attached hydrogens (tertiary/aromatic N) is 2. The van der Waals surface area contributed by atoms with Crippen LogP contribution >= 0.6 is 0 Å². The molecule has 0 bridgehead atoms. The highest BCUT2D eigenvalue weighted by molar-refractivity contribution is 5.64. The number of hydrogen-bond acceptors (Lipinski definition) is 1. The third-order valence-electron chi connectivity index (χ3n) is 4.70. The molecule has 0 fully saturated rings. The molecule has 0 atom stereocenters. The molecule has 0 N–H and O–H groups in total. The average Bonchev–Trinajstić information content (AvgIpc) is 3.05. The Hall–Kier alpha value is -2.27. The molecular weight excluding hydrogens is 304 g/mol. The van der Waals surface area contributed by atoms with Gasteiger partial charge in [0.05, 0.1) is 5.56 Å². The van der Waals surface area contributed by atoms with E-state index in [2.05, 4.69) is 61.5 Å². The van der Waals surface area contributed by atoms with Gasteiger partial charge in [0.1, 0.15) is 6.07 Å². The van der Waals surface area contributed by atoms with Crippen LogP contribution in [0.1, 0.15) is 75.5 Å². The van der Waals surface area contributed by atoms with Gasteiger partial charge in [-0.25, -0.2) is 0 Å². The molecule has 0 radical (unpaired) electrons. The number of unbranched alkanes of at least 4 members (excludes halogenated alkanes) is 4. The van der Waals surface area contributed by atoms with Crippen molar-refractivity contribution in [1.82, 2.24) is 4.57 Å². The van der Waals surface area contributed by atoms with Gasteiger partial charge in [-0.1, -0.05) is 64.7 Å². The molecule has 132 valence electrons. The lowest BCUT2D eigenvalue weighted by Crippen LogP contribution is -1.91. The molecule has 2 nitrogen and oxygen atoms in total. The van der Waals surface area contributed by atoms with Crippen LogP contribution in [0.15, 0.2) is 43.2 Å². The summed E-state index contributed by atoms with van der Waals surface area (Å²) in [6, 6.07) is 10.8. The van der Waals surface area contributed by atoms with Crippen molar-refractivity contribution in [2.24, 2.45) is 0 Å². The summed E-state index contributed by atoms with van der Waals surface area (Å²) in [5.74, 6) is 0. The number of aryl methyl sites for hydroxylation is 1. The minimum Gasteiger partial charge on any atom is -0.322 e. The maximum absolute atomic E-state index is 9.42. The quantitative estimate of drug-likeness (QED) is 0.446. The Morgan fingerprint density at radius 2 is 1.72 bits per heavy atom. The van der Waals surface area contributed by atoms with Crippen molar-refractivity contribution in [2.45, 2.75) is 65.2 Å². The molecule has 2 aromatic rings. The number of aromatic nitrogens is 1. The minimum absolute atomic E-state index is 0.801. The summed E-state index contributed by atoms with van der Waals surface area (Å²) in [7, 11) is 0. The molecule has 1 aromatic heterocycles. The minimum atomic E-state index is 0.801. The summed E-state index contributed by atoms with van der Waals surface area (Å²) >= 11 is 0. The lowest BCUT2D eigenvalue weighted by molar-refractivity contribution is 0.632. The zero-order valence-electron chi connectivity index (χ0n) is 15.7. The molecule has 0 saturated heterocycles. The highest BCUT2D eigenvalue weighted by Gasteiger charge is 2.08. The molecule has 1 heterocycles. The summed E-state index contributed by atoms with van der Waals surface area (Å²) < 4.78 is 2.08. The van der Waals surface area contributed by atoms with Gasteiger partial charge in [-0.2, -0.15) is 5.26 Å². The van der Waals surface area contributed by atoms with Crippen molar-refractivity contribution < 1.29 is 0 Å². The second-order valence-corrected chi connectivity index (χ2v) is 6.78. The number of nitriles is 1. The highest BCUT2D eigenvalue weighted by atomic mass is 14.9.